The third-order valence-corrected chi connectivity index (χ3v) is 6.32. The fraction of sp³-hybridized carbons (Fsp3) is 0.222. The van der Waals surface area contributed by atoms with Crippen LogP contribution in [-0.2, 0) is 6.54 Å². The van der Waals surface area contributed by atoms with Crippen molar-refractivity contribution in [2.45, 2.75) is 13.5 Å². The van der Waals surface area contributed by atoms with Gasteiger partial charge in [-0.25, -0.2) is 9.07 Å². The molecule has 0 spiro atoms. The Morgan fingerprint density at radius 2 is 1.65 bits per heavy atom. The number of aromatic nitrogens is 2. The van der Waals surface area contributed by atoms with E-state index in [9.17, 15) is 14.0 Å². The first-order valence-electron chi connectivity index (χ1n) is 11.4. The lowest BCUT2D eigenvalue weighted by Gasteiger charge is -2.34. The molecule has 1 saturated heterocycles. The van der Waals surface area contributed by atoms with E-state index in [2.05, 4.69) is 40.3 Å². The number of nitrogens with zero attached hydrogens (tertiary/aromatic N) is 4. The highest BCUT2D eigenvalue weighted by Gasteiger charge is 2.26. The van der Waals surface area contributed by atoms with Gasteiger partial charge >= 0.3 is 0 Å². The average Bonchev–Trinajstić information content (AvgIpc) is 2.85. The molecule has 0 bridgehead atoms. The number of aryl methyl sites for hydroxylation is 1. The summed E-state index contributed by atoms with van der Waals surface area (Å²) >= 11 is 0. The summed E-state index contributed by atoms with van der Waals surface area (Å²) in [6.45, 7) is 4.86. The van der Waals surface area contributed by atoms with Crippen molar-refractivity contribution in [1.82, 2.24) is 19.6 Å². The molecule has 172 valence electrons. The van der Waals surface area contributed by atoms with Crippen molar-refractivity contribution < 1.29 is 9.18 Å². The van der Waals surface area contributed by atoms with Crippen LogP contribution in [0.3, 0.4) is 0 Å². The first-order chi connectivity index (χ1) is 16.5. The Bertz CT molecular complexity index is 1420. The van der Waals surface area contributed by atoms with Crippen LogP contribution in [0.4, 0.5) is 4.39 Å². The number of piperazine rings is 1. The van der Waals surface area contributed by atoms with Gasteiger partial charge in [-0.15, -0.1) is 0 Å². The van der Waals surface area contributed by atoms with Crippen molar-refractivity contribution in [2.75, 3.05) is 26.2 Å². The molecule has 2 heterocycles. The Morgan fingerprint density at radius 1 is 0.941 bits per heavy atom. The minimum absolute atomic E-state index is 0.184. The number of para-hydroxylation sites is 1. The number of hydrogen-bond acceptors (Lipinski definition) is 4. The molecule has 1 aliphatic heterocycles. The molecule has 1 aliphatic rings. The third kappa shape index (κ3) is 4.22. The molecule has 0 atom stereocenters. The molecule has 6 nitrogen and oxygen atoms in total. The normalized spacial score (nSPS) is 14.5. The van der Waals surface area contributed by atoms with Crippen molar-refractivity contribution in [1.29, 1.82) is 0 Å². The molecule has 0 saturated carbocycles. The summed E-state index contributed by atoms with van der Waals surface area (Å²) < 4.78 is 15.6. The van der Waals surface area contributed by atoms with E-state index in [4.69, 9.17) is 0 Å². The molecule has 1 amide bonds. The van der Waals surface area contributed by atoms with Gasteiger partial charge in [0.1, 0.15) is 11.5 Å². The third-order valence-electron chi connectivity index (χ3n) is 6.32. The largest absolute Gasteiger partial charge is 0.335 e. The van der Waals surface area contributed by atoms with Gasteiger partial charge < -0.3 is 4.90 Å². The number of carbonyl (C=O) groups excluding carboxylic acids is 1. The fourth-order valence-electron chi connectivity index (χ4n) is 4.49. The monoisotopic (exact) mass is 456 g/mol. The number of benzene rings is 3. The van der Waals surface area contributed by atoms with E-state index in [0.29, 0.717) is 31.9 Å². The topological polar surface area (TPSA) is 58.4 Å². The zero-order chi connectivity index (χ0) is 23.7. The number of fused-ring (bicyclic) bond motifs is 1. The lowest BCUT2D eigenvalue weighted by atomic mass is 10.0. The van der Waals surface area contributed by atoms with Gasteiger partial charge in [0.05, 0.1) is 0 Å². The lowest BCUT2D eigenvalue weighted by Crippen LogP contribution is -2.49. The summed E-state index contributed by atoms with van der Waals surface area (Å²) in [7, 11) is 0. The summed E-state index contributed by atoms with van der Waals surface area (Å²) in [6.07, 6.45) is 0. The van der Waals surface area contributed by atoms with Crippen molar-refractivity contribution in [3.8, 4) is 5.69 Å². The second kappa shape index (κ2) is 9.19. The van der Waals surface area contributed by atoms with Crippen LogP contribution in [0.1, 0.15) is 21.7 Å². The minimum atomic E-state index is -0.470. The van der Waals surface area contributed by atoms with Crippen LogP contribution in [-0.4, -0.2) is 51.7 Å². The predicted molar refractivity (Wildman–Crippen MR) is 130 cm³/mol. The van der Waals surface area contributed by atoms with Gasteiger partial charge in [0, 0.05) is 44.5 Å². The molecular weight excluding hydrogens is 431 g/mol. The number of halogens is 1. The zero-order valence-corrected chi connectivity index (χ0v) is 18.9. The molecule has 7 heteroatoms. The van der Waals surface area contributed by atoms with E-state index >= 15 is 0 Å². The molecule has 3 aromatic carbocycles. The Hall–Kier alpha value is -3.84. The van der Waals surface area contributed by atoms with Crippen LogP contribution in [0.5, 0.6) is 0 Å². The Balaban J connectivity index is 1.32. The van der Waals surface area contributed by atoms with E-state index in [-0.39, 0.29) is 11.4 Å². The first-order valence-corrected chi connectivity index (χ1v) is 11.4. The van der Waals surface area contributed by atoms with Gasteiger partial charge in [-0.3, -0.25) is 14.5 Å². The van der Waals surface area contributed by atoms with E-state index < -0.39 is 17.2 Å². The highest BCUT2D eigenvalue weighted by atomic mass is 19.1. The maximum atomic E-state index is 14.3. The predicted octanol–water partition coefficient (Wildman–Crippen LogP) is 3.79. The molecule has 1 aromatic heterocycles. The smallest absolute Gasteiger partial charge is 0.278 e. The maximum Gasteiger partial charge on any atom is 0.278 e. The molecular formula is C27H25FN4O2. The fourth-order valence-corrected chi connectivity index (χ4v) is 4.49. The molecule has 5 rings (SSSR count). The van der Waals surface area contributed by atoms with Crippen LogP contribution in [0, 0.1) is 12.7 Å². The van der Waals surface area contributed by atoms with Crippen molar-refractivity contribution in [2.24, 2.45) is 0 Å². The van der Waals surface area contributed by atoms with Crippen LogP contribution in [0.15, 0.2) is 77.6 Å². The summed E-state index contributed by atoms with van der Waals surface area (Å²) in [4.78, 5) is 29.7. The quantitative estimate of drug-likeness (QED) is 0.469. The number of hydrogen-bond donors (Lipinski definition) is 0. The highest BCUT2D eigenvalue weighted by Crippen LogP contribution is 2.21. The van der Waals surface area contributed by atoms with Crippen LogP contribution >= 0.6 is 0 Å². The summed E-state index contributed by atoms with van der Waals surface area (Å²) in [5.74, 6) is -0.887. The van der Waals surface area contributed by atoms with E-state index in [1.165, 1.54) is 33.2 Å². The lowest BCUT2D eigenvalue weighted by molar-refractivity contribution is 0.0619. The van der Waals surface area contributed by atoms with Crippen molar-refractivity contribution in [3.05, 3.63) is 106 Å². The molecule has 0 aliphatic carbocycles. The summed E-state index contributed by atoms with van der Waals surface area (Å²) in [5, 5.41) is 6.71. The molecule has 0 radical (unpaired) electrons. The van der Waals surface area contributed by atoms with Crippen molar-refractivity contribution >= 4 is 16.7 Å². The van der Waals surface area contributed by atoms with Crippen LogP contribution in [0.2, 0.25) is 0 Å². The van der Waals surface area contributed by atoms with Crippen molar-refractivity contribution in [3.63, 3.8) is 0 Å². The Morgan fingerprint density at radius 3 is 2.44 bits per heavy atom. The first kappa shape index (κ1) is 22.0. The summed E-state index contributed by atoms with van der Waals surface area (Å²) in [5.41, 5.74) is 1.29. The Labute approximate surface area is 196 Å². The zero-order valence-electron chi connectivity index (χ0n) is 18.9. The maximum absolute atomic E-state index is 14.3. The number of amides is 1. The molecule has 4 aromatic rings. The number of rotatable bonds is 4. The van der Waals surface area contributed by atoms with Crippen LogP contribution in [0.25, 0.3) is 16.5 Å². The van der Waals surface area contributed by atoms with Gasteiger partial charge in [-0.1, -0.05) is 54.6 Å². The van der Waals surface area contributed by atoms with E-state index in [1.54, 1.807) is 30.0 Å². The van der Waals surface area contributed by atoms with Gasteiger partial charge in [-0.2, -0.15) is 5.10 Å². The van der Waals surface area contributed by atoms with E-state index in [0.717, 1.165) is 6.54 Å². The van der Waals surface area contributed by atoms with Gasteiger partial charge in [0.15, 0.2) is 5.69 Å². The molecule has 0 N–H and O–H groups in total. The van der Waals surface area contributed by atoms with Gasteiger partial charge in [-0.05, 0) is 35.4 Å². The van der Waals surface area contributed by atoms with Crippen LogP contribution < -0.4 is 5.43 Å². The van der Waals surface area contributed by atoms with E-state index in [1.807, 2.05) is 12.1 Å². The molecule has 1 fully saturated rings. The molecule has 0 unspecified atom stereocenters. The minimum Gasteiger partial charge on any atom is -0.335 e. The summed E-state index contributed by atoms with van der Waals surface area (Å²) in [6, 6.07) is 22.1. The number of carbonyl (C=O) groups is 1. The second-order valence-electron chi connectivity index (χ2n) is 8.57. The standard InChI is InChI=1S/C27H25FN4O2/c1-19-17-25(33)26(29-32(19)24-12-5-4-11-23(24)28)27(34)31-15-13-30(14-16-31)18-21-9-6-8-20-7-2-3-10-22(20)21/h2-12,17H,13-16,18H2,1H3. The molecule has 34 heavy (non-hydrogen) atoms. The van der Waals surface area contributed by atoms with Gasteiger partial charge in [0.2, 0.25) is 5.43 Å². The van der Waals surface area contributed by atoms with Gasteiger partial charge in [0.25, 0.3) is 5.91 Å². The average molecular weight is 457 g/mol. The SMILES string of the molecule is Cc1cc(=O)c(C(=O)N2CCN(Cc3cccc4ccccc34)CC2)nn1-c1ccccc1F. The highest BCUT2D eigenvalue weighted by molar-refractivity contribution is 5.92. The Kier molecular flexibility index (Phi) is 5.94. The second-order valence-corrected chi connectivity index (χ2v) is 8.57.